The van der Waals surface area contributed by atoms with Gasteiger partial charge in [-0.2, -0.15) is 0 Å². The van der Waals surface area contributed by atoms with E-state index in [1.807, 2.05) is 39.3 Å². The third-order valence-corrected chi connectivity index (χ3v) is 3.42. The average molecular weight is 337 g/mol. The van der Waals surface area contributed by atoms with Crippen molar-refractivity contribution >= 4 is 17.1 Å². The van der Waals surface area contributed by atoms with Gasteiger partial charge in [-0.3, -0.25) is 4.90 Å². The number of hydrogen-bond donors (Lipinski definition) is 1. The molecule has 1 saturated heterocycles. The molecule has 0 atom stereocenters. The Labute approximate surface area is 142 Å². The molecule has 0 radical (unpaired) electrons. The highest BCUT2D eigenvalue weighted by Gasteiger charge is 2.20. The molecule has 8 heteroatoms. The number of aromatic carboxylic acids is 1. The van der Waals surface area contributed by atoms with Gasteiger partial charge in [0.2, 0.25) is 0 Å². The maximum Gasteiger partial charge on any atom is 0.356 e. The molecule has 0 aromatic carbocycles. The fraction of sp³-hybridized carbons (Fsp3) is 0.625. The molecule has 0 amide bonds. The van der Waals surface area contributed by atoms with E-state index in [1.54, 1.807) is 0 Å². The molecule has 3 rings (SSSR count). The van der Waals surface area contributed by atoms with Crippen molar-refractivity contribution in [1.82, 2.24) is 24.4 Å². The summed E-state index contributed by atoms with van der Waals surface area (Å²) in [5.41, 5.74) is 0.824. The van der Waals surface area contributed by atoms with Crippen LogP contribution in [-0.4, -0.2) is 61.8 Å². The first kappa shape index (κ1) is 20.0. The van der Waals surface area contributed by atoms with Crippen LogP contribution >= 0.6 is 0 Å². The lowest BCUT2D eigenvalue weighted by Gasteiger charge is -2.25. The lowest BCUT2D eigenvalue weighted by Crippen LogP contribution is -2.36. The molecule has 24 heavy (non-hydrogen) atoms. The van der Waals surface area contributed by atoms with Gasteiger partial charge in [0.1, 0.15) is 17.7 Å². The minimum absolute atomic E-state index is 0.0566. The fourth-order valence-electron chi connectivity index (χ4n) is 2.30. The van der Waals surface area contributed by atoms with Gasteiger partial charge in [-0.25, -0.2) is 19.7 Å². The van der Waals surface area contributed by atoms with Crippen molar-refractivity contribution in [2.45, 2.75) is 34.2 Å². The van der Waals surface area contributed by atoms with Crippen molar-refractivity contribution in [3.05, 3.63) is 17.8 Å². The molecule has 0 unspecified atom stereocenters. The average Bonchev–Trinajstić information content (AvgIpc) is 2.95. The molecule has 1 aliphatic heterocycles. The van der Waals surface area contributed by atoms with Crippen LogP contribution in [0.4, 0.5) is 0 Å². The zero-order valence-corrected chi connectivity index (χ0v) is 15.1. The van der Waals surface area contributed by atoms with Crippen LogP contribution in [0.25, 0.3) is 11.2 Å². The Bertz CT molecular complexity index is 650. The van der Waals surface area contributed by atoms with Gasteiger partial charge in [0.15, 0.2) is 11.3 Å². The minimum atomic E-state index is -1.09. The molecular weight excluding hydrogens is 310 g/mol. The van der Waals surface area contributed by atoms with Crippen molar-refractivity contribution in [3.63, 3.8) is 0 Å². The molecule has 2 aromatic heterocycles. The molecule has 1 aliphatic rings. The van der Waals surface area contributed by atoms with Crippen LogP contribution in [0.1, 0.15) is 44.0 Å². The molecule has 2 aromatic rings. The van der Waals surface area contributed by atoms with E-state index in [4.69, 9.17) is 9.84 Å². The number of imidazole rings is 1. The van der Waals surface area contributed by atoms with Crippen molar-refractivity contribution in [2.75, 3.05) is 26.3 Å². The van der Waals surface area contributed by atoms with Gasteiger partial charge in [0.05, 0.1) is 19.8 Å². The predicted octanol–water partition coefficient (Wildman–Crippen LogP) is 1.95. The third-order valence-electron chi connectivity index (χ3n) is 3.42. The van der Waals surface area contributed by atoms with Gasteiger partial charge >= 0.3 is 5.97 Å². The van der Waals surface area contributed by atoms with E-state index in [0.29, 0.717) is 30.9 Å². The zero-order valence-electron chi connectivity index (χ0n) is 15.1. The highest BCUT2D eigenvalue weighted by molar-refractivity contribution is 5.97. The number of rotatable bonds is 3. The Balaban J connectivity index is 0.000000671. The number of fused-ring (bicyclic) bond motifs is 1. The topological polar surface area (TPSA) is 93.4 Å². The van der Waals surface area contributed by atoms with Crippen LogP contribution in [0.3, 0.4) is 0 Å². The summed E-state index contributed by atoms with van der Waals surface area (Å²) in [5, 5.41) is 9.14. The Morgan fingerprint density at radius 2 is 1.83 bits per heavy atom. The van der Waals surface area contributed by atoms with Crippen LogP contribution in [0, 0.1) is 0 Å². The summed E-state index contributed by atoms with van der Waals surface area (Å²) in [6.45, 7) is 11.8. The number of carboxylic acid groups (broad SMARTS) is 1. The number of aromatic nitrogens is 4. The van der Waals surface area contributed by atoms with Crippen LogP contribution in [0.5, 0.6) is 0 Å². The number of morpholine rings is 1. The number of aryl methyl sites for hydroxylation is 1. The van der Waals surface area contributed by atoms with E-state index in [1.165, 1.54) is 6.33 Å². The molecule has 8 nitrogen and oxygen atoms in total. The summed E-state index contributed by atoms with van der Waals surface area (Å²) in [6, 6.07) is 0. The fourth-order valence-corrected chi connectivity index (χ4v) is 2.30. The summed E-state index contributed by atoms with van der Waals surface area (Å²) >= 11 is 0. The van der Waals surface area contributed by atoms with Crippen molar-refractivity contribution in [2.24, 2.45) is 7.05 Å². The molecule has 0 saturated carbocycles. The van der Waals surface area contributed by atoms with E-state index in [-0.39, 0.29) is 5.69 Å². The molecule has 0 bridgehead atoms. The van der Waals surface area contributed by atoms with E-state index in [9.17, 15) is 4.79 Å². The van der Waals surface area contributed by atoms with Gasteiger partial charge in [-0.05, 0) is 0 Å². The molecule has 134 valence electrons. The highest BCUT2D eigenvalue weighted by atomic mass is 16.5. The lowest BCUT2D eigenvalue weighted by atomic mass is 10.3. The predicted molar refractivity (Wildman–Crippen MR) is 92.1 cm³/mol. The molecular formula is C16H27N5O3. The second-order valence-electron chi connectivity index (χ2n) is 4.68. The Morgan fingerprint density at radius 3 is 2.42 bits per heavy atom. The monoisotopic (exact) mass is 337 g/mol. The Kier molecular flexibility index (Phi) is 8.28. The third kappa shape index (κ3) is 4.48. The summed E-state index contributed by atoms with van der Waals surface area (Å²) in [5.74, 6) is -0.307. The number of carboxylic acids is 1. The second-order valence-corrected chi connectivity index (χ2v) is 4.68. The number of hydrogen-bond acceptors (Lipinski definition) is 6. The largest absolute Gasteiger partial charge is 0.476 e. The summed E-state index contributed by atoms with van der Waals surface area (Å²) in [7, 11) is 1.84. The van der Waals surface area contributed by atoms with E-state index >= 15 is 0 Å². The quantitative estimate of drug-likeness (QED) is 0.915. The van der Waals surface area contributed by atoms with Gasteiger partial charge in [0, 0.05) is 20.1 Å². The second kappa shape index (κ2) is 9.94. The van der Waals surface area contributed by atoms with Gasteiger partial charge < -0.3 is 14.4 Å². The van der Waals surface area contributed by atoms with Crippen LogP contribution in [-0.2, 0) is 18.3 Å². The van der Waals surface area contributed by atoms with E-state index in [0.717, 1.165) is 18.9 Å². The molecule has 3 heterocycles. The van der Waals surface area contributed by atoms with E-state index in [2.05, 4.69) is 19.9 Å². The standard InChI is InChI=1S/C12H15N5O3.2C2H6/c1-16-8(6-17-2-4-20-5-3-17)15-9-10(12(18)19)13-7-14-11(9)16;2*1-2/h7H,2-6H2,1H3,(H,18,19);2*1-2H3. The SMILES string of the molecule is CC.CC.Cn1c(CN2CCOCC2)nc2c(C(=O)O)ncnc21. The number of carbonyl (C=O) groups is 1. The molecule has 0 aliphatic carbocycles. The van der Waals surface area contributed by atoms with Gasteiger partial charge in [0.25, 0.3) is 0 Å². The first-order valence-corrected chi connectivity index (χ1v) is 8.36. The van der Waals surface area contributed by atoms with Crippen molar-refractivity contribution < 1.29 is 14.6 Å². The Morgan fingerprint density at radius 1 is 1.21 bits per heavy atom. The maximum atomic E-state index is 11.2. The van der Waals surface area contributed by atoms with Crippen LogP contribution in [0.15, 0.2) is 6.33 Å². The number of ether oxygens (including phenoxy) is 1. The highest BCUT2D eigenvalue weighted by Crippen LogP contribution is 2.16. The lowest BCUT2D eigenvalue weighted by molar-refractivity contribution is 0.0327. The normalized spacial score (nSPS) is 14.4. The molecule has 1 N–H and O–H groups in total. The van der Waals surface area contributed by atoms with Gasteiger partial charge in [-0.1, -0.05) is 27.7 Å². The molecule has 0 spiro atoms. The van der Waals surface area contributed by atoms with Crippen LogP contribution < -0.4 is 0 Å². The van der Waals surface area contributed by atoms with Crippen molar-refractivity contribution in [3.8, 4) is 0 Å². The smallest absolute Gasteiger partial charge is 0.356 e. The summed E-state index contributed by atoms with van der Waals surface area (Å²) < 4.78 is 7.13. The van der Waals surface area contributed by atoms with Crippen LogP contribution in [0.2, 0.25) is 0 Å². The first-order valence-electron chi connectivity index (χ1n) is 8.36. The summed E-state index contributed by atoms with van der Waals surface area (Å²) in [6.07, 6.45) is 1.26. The van der Waals surface area contributed by atoms with Crippen molar-refractivity contribution in [1.29, 1.82) is 0 Å². The number of nitrogens with zero attached hydrogens (tertiary/aromatic N) is 5. The first-order chi connectivity index (χ1) is 11.7. The van der Waals surface area contributed by atoms with Gasteiger partial charge in [-0.15, -0.1) is 0 Å². The summed E-state index contributed by atoms with van der Waals surface area (Å²) in [4.78, 5) is 25.7. The minimum Gasteiger partial charge on any atom is -0.476 e. The Hall–Kier alpha value is -2.06. The molecule has 1 fully saturated rings. The maximum absolute atomic E-state index is 11.2. The van der Waals surface area contributed by atoms with E-state index < -0.39 is 5.97 Å². The zero-order chi connectivity index (χ0) is 18.1.